The van der Waals surface area contributed by atoms with E-state index in [1.165, 1.54) is 6.07 Å². The van der Waals surface area contributed by atoms with E-state index in [1.54, 1.807) is 0 Å². The molecule has 0 fully saturated rings. The summed E-state index contributed by atoms with van der Waals surface area (Å²) in [6.07, 6.45) is 1.11. The number of furan rings is 1. The first-order chi connectivity index (χ1) is 9.06. The molecule has 0 saturated carbocycles. The highest BCUT2D eigenvalue weighted by atomic mass is 16.6. The van der Waals surface area contributed by atoms with Gasteiger partial charge in [0.1, 0.15) is 4.92 Å². The molecule has 0 aliphatic heterocycles. The number of hydrogen-bond acceptors (Lipinski definition) is 8. The summed E-state index contributed by atoms with van der Waals surface area (Å²) in [7, 11) is 0. The second-order valence-electron chi connectivity index (χ2n) is 3.16. The fourth-order valence-electron chi connectivity index (χ4n) is 1.09. The average molecular weight is 266 g/mol. The van der Waals surface area contributed by atoms with E-state index < -0.39 is 22.1 Å². The Morgan fingerprint density at radius 1 is 1.47 bits per heavy atom. The predicted molar refractivity (Wildman–Crippen MR) is 62.1 cm³/mol. The minimum atomic E-state index is -0.758. The molecule has 0 aliphatic rings. The Morgan fingerprint density at radius 2 is 2.26 bits per heavy atom. The molecule has 0 atom stereocenters. The van der Waals surface area contributed by atoms with Crippen LogP contribution >= 0.6 is 0 Å². The van der Waals surface area contributed by atoms with Gasteiger partial charge in [-0.2, -0.15) is 5.10 Å². The van der Waals surface area contributed by atoms with Gasteiger partial charge in [0.05, 0.1) is 12.3 Å². The number of H-pyrrole nitrogens is 2. The number of nitro groups is 1. The smallest absolute Gasteiger partial charge is 0.400 e. The summed E-state index contributed by atoms with van der Waals surface area (Å²) in [6, 6.07) is 2.49. The third kappa shape index (κ3) is 2.91. The second kappa shape index (κ2) is 4.95. The second-order valence-corrected chi connectivity index (χ2v) is 3.16. The first kappa shape index (κ1) is 12.2. The number of nitrogens with zero attached hydrogens (tertiary/aromatic N) is 3. The summed E-state index contributed by atoms with van der Waals surface area (Å²) in [4.78, 5) is 33.5. The van der Waals surface area contributed by atoms with Crippen LogP contribution in [0.25, 0.3) is 0 Å². The Balaban J connectivity index is 2.09. The van der Waals surface area contributed by atoms with Gasteiger partial charge >= 0.3 is 11.6 Å². The van der Waals surface area contributed by atoms with Crippen LogP contribution in [-0.2, 0) is 0 Å². The van der Waals surface area contributed by atoms with Crippen LogP contribution in [0.4, 0.5) is 11.7 Å². The fourth-order valence-corrected chi connectivity index (χ4v) is 1.09. The van der Waals surface area contributed by atoms with E-state index in [0.29, 0.717) is 0 Å². The number of anilines is 1. The summed E-state index contributed by atoms with van der Waals surface area (Å²) in [5.41, 5.74) is 0.735. The number of aromatic nitrogens is 3. The van der Waals surface area contributed by atoms with E-state index in [-0.39, 0.29) is 11.6 Å². The van der Waals surface area contributed by atoms with Gasteiger partial charge in [-0.25, -0.2) is 9.89 Å². The van der Waals surface area contributed by atoms with E-state index >= 15 is 0 Å². The van der Waals surface area contributed by atoms with Crippen molar-refractivity contribution in [1.29, 1.82) is 0 Å². The van der Waals surface area contributed by atoms with Crippen molar-refractivity contribution in [3.05, 3.63) is 48.8 Å². The zero-order valence-electron chi connectivity index (χ0n) is 9.11. The molecule has 0 spiro atoms. The highest BCUT2D eigenvalue weighted by Crippen LogP contribution is 2.13. The molecular formula is C8H6N6O5. The predicted octanol–water partition coefficient (Wildman–Crippen LogP) is -0.595. The SMILES string of the molecule is O=c1[nH]nc(N/N=C\c2ccc([N+](=O)[O-])o2)c(=O)[nH]1. The number of hydrogen-bond donors (Lipinski definition) is 3. The minimum Gasteiger partial charge on any atom is -0.400 e. The van der Waals surface area contributed by atoms with Crippen molar-refractivity contribution in [3.8, 4) is 0 Å². The Morgan fingerprint density at radius 3 is 2.89 bits per heavy atom. The quantitative estimate of drug-likeness (QED) is 0.378. The fraction of sp³-hybridized carbons (Fsp3) is 0. The first-order valence-electron chi connectivity index (χ1n) is 4.78. The van der Waals surface area contributed by atoms with E-state index in [2.05, 4.69) is 15.6 Å². The van der Waals surface area contributed by atoms with Gasteiger partial charge in [0.15, 0.2) is 5.76 Å². The highest BCUT2D eigenvalue weighted by molar-refractivity contribution is 5.76. The average Bonchev–Trinajstić information content (AvgIpc) is 2.81. The molecule has 0 amide bonds. The van der Waals surface area contributed by atoms with Gasteiger partial charge in [0, 0.05) is 0 Å². The summed E-state index contributed by atoms with van der Waals surface area (Å²) in [5.74, 6) is -0.557. The first-order valence-corrected chi connectivity index (χ1v) is 4.78. The maximum Gasteiger partial charge on any atom is 0.433 e. The largest absolute Gasteiger partial charge is 0.433 e. The number of rotatable bonds is 4. The van der Waals surface area contributed by atoms with Crippen LogP contribution in [0.3, 0.4) is 0 Å². The summed E-state index contributed by atoms with van der Waals surface area (Å²) >= 11 is 0. The Labute approximate surface area is 103 Å². The molecular weight excluding hydrogens is 260 g/mol. The molecule has 0 aliphatic carbocycles. The maximum atomic E-state index is 11.2. The van der Waals surface area contributed by atoms with Crippen molar-refractivity contribution in [3.63, 3.8) is 0 Å². The Kier molecular flexibility index (Phi) is 3.18. The molecule has 2 rings (SSSR count). The molecule has 2 aromatic heterocycles. The normalized spacial score (nSPS) is 10.7. The van der Waals surface area contributed by atoms with Gasteiger partial charge in [-0.3, -0.25) is 25.3 Å². The van der Waals surface area contributed by atoms with Gasteiger partial charge in [-0.05, 0) is 6.07 Å². The lowest BCUT2D eigenvalue weighted by Gasteiger charge is -1.94. The molecule has 0 saturated heterocycles. The van der Waals surface area contributed by atoms with Gasteiger partial charge in [0.25, 0.3) is 5.56 Å². The van der Waals surface area contributed by atoms with Crippen molar-refractivity contribution >= 4 is 17.9 Å². The van der Waals surface area contributed by atoms with Gasteiger partial charge in [0.2, 0.25) is 5.82 Å². The molecule has 2 heterocycles. The maximum absolute atomic E-state index is 11.2. The van der Waals surface area contributed by atoms with Gasteiger partial charge in [-0.1, -0.05) is 0 Å². The van der Waals surface area contributed by atoms with E-state index in [1.807, 2.05) is 10.1 Å². The van der Waals surface area contributed by atoms with Gasteiger partial charge in [-0.15, -0.1) is 5.10 Å². The monoisotopic (exact) mass is 266 g/mol. The molecule has 0 unspecified atom stereocenters. The van der Waals surface area contributed by atoms with Crippen LogP contribution in [0, 0.1) is 10.1 Å². The van der Waals surface area contributed by atoms with Crippen molar-refractivity contribution in [2.24, 2.45) is 5.10 Å². The molecule has 11 nitrogen and oxygen atoms in total. The van der Waals surface area contributed by atoms with Crippen LogP contribution in [-0.4, -0.2) is 26.3 Å². The highest BCUT2D eigenvalue weighted by Gasteiger charge is 2.10. The summed E-state index contributed by atoms with van der Waals surface area (Å²) in [5, 5.41) is 19.3. The topological polar surface area (TPSA) is 159 Å². The molecule has 0 aromatic carbocycles. The van der Waals surface area contributed by atoms with Gasteiger partial charge < -0.3 is 4.42 Å². The molecule has 98 valence electrons. The van der Waals surface area contributed by atoms with Crippen LogP contribution in [0.1, 0.15) is 5.76 Å². The molecule has 19 heavy (non-hydrogen) atoms. The van der Waals surface area contributed by atoms with E-state index in [9.17, 15) is 19.7 Å². The molecule has 0 bridgehead atoms. The third-order valence-corrected chi connectivity index (χ3v) is 1.87. The summed E-state index contributed by atoms with van der Waals surface area (Å²) < 4.78 is 4.78. The van der Waals surface area contributed by atoms with Crippen LogP contribution < -0.4 is 16.7 Å². The van der Waals surface area contributed by atoms with Crippen LogP contribution in [0.2, 0.25) is 0 Å². The van der Waals surface area contributed by atoms with Crippen LogP contribution in [0.5, 0.6) is 0 Å². The van der Waals surface area contributed by atoms with Crippen molar-refractivity contribution in [2.75, 3.05) is 5.43 Å². The van der Waals surface area contributed by atoms with E-state index in [4.69, 9.17) is 4.42 Å². The molecule has 2 aromatic rings. The summed E-state index contributed by atoms with van der Waals surface area (Å²) in [6.45, 7) is 0. The zero-order chi connectivity index (χ0) is 13.8. The number of hydrazone groups is 1. The minimum absolute atomic E-state index is 0.111. The molecule has 0 radical (unpaired) electrons. The van der Waals surface area contributed by atoms with E-state index in [0.717, 1.165) is 12.3 Å². The van der Waals surface area contributed by atoms with Crippen LogP contribution in [0.15, 0.2) is 31.2 Å². The Hall–Kier alpha value is -3.24. The molecule has 11 heteroatoms. The lowest BCUT2D eigenvalue weighted by Crippen LogP contribution is -2.25. The standard InChI is InChI=1S/C8H6N6O5/c15-7-6(12-13-8(16)10-7)11-9-3-4-1-2-5(19-4)14(17)18/h1-3H,(H,11,12)(H2,10,13,15,16)/b9-3-. The molecule has 3 N–H and O–H groups in total. The number of nitrogens with one attached hydrogen (secondary N) is 3. The lowest BCUT2D eigenvalue weighted by molar-refractivity contribution is -0.402. The lowest BCUT2D eigenvalue weighted by atomic mass is 10.5. The third-order valence-electron chi connectivity index (χ3n) is 1.87. The van der Waals surface area contributed by atoms with Crippen molar-refractivity contribution in [2.45, 2.75) is 0 Å². The van der Waals surface area contributed by atoms with Crippen molar-refractivity contribution < 1.29 is 9.34 Å². The zero-order valence-corrected chi connectivity index (χ0v) is 9.11. The van der Waals surface area contributed by atoms with Crippen molar-refractivity contribution in [1.82, 2.24) is 15.2 Å². The Bertz CT molecular complexity index is 740. The number of aromatic amines is 2.